The van der Waals surface area contributed by atoms with Gasteiger partial charge in [0, 0.05) is 36.7 Å². The molecule has 0 unspecified atom stereocenters. The van der Waals surface area contributed by atoms with Crippen LogP contribution in [0, 0.1) is 5.82 Å². The zero-order valence-corrected chi connectivity index (χ0v) is 17.5. The Morgan fingerprint density at radius 1 is 1.00 bits per heavy atom. The molecule has 32 heavy (non-hydrogen) atoms. The second-order valence-electron chi connectivity index (χ2n) is 7.75. The molecule has 0 atom stereocenters. The van der Waals surface area contributed by atoms with E-state index < -0.39 is 0 Å². The average molecular weight is 434 g/mol. The molecule has 1 aromatic carbocycles. The monoisotopic (exact) mass is 434 g/mol. The first-order valence-electron chi connectivity index (χ1n) is 10.7. The molecular formula is C23H23FN6O2. The lowest BCUT2D eigenvalue weighted by Gasteiger charge is -2.34. The van der Waals surface area contributed by atoms with E-state index >= 15 is 0 Å². The number of halogens is 1. The lowest BCUT2D eigenvalue weighted by atomic mass is 10.1. The zero-order chi connectivity index (χ0) is 21.9. The Morgan fingerprint density at radius 3 is 2.56 bits per heavy atom. The maximum absolute atomic E-state index is 13.9. The molecule has 2 amide bonds. The first-order chi connectivity index (χ1) is 15.7. The highest BCUT2D eigenvalue weighted by Gasteiger charge is 2.32. The van der Waals surface area contributed by atoms with Gasteiger partial charge in [0.2, 0.25) is 5.75 Å². The van der Waals surface area contributed by atoms with Crippen molar-refractivity contribution < 1.29 is 13.9 Å². The minimum atomic E-state index is -0.369. The van der Waals surface area contributed by atoms with Crippen LogP contribution >= 0.6 is 0 Å². The molecular weight excluding hydrogens is 411 g/mol. The van der Waals surface area contributed by atoms with E-state index in [1.807, 2.05) is 0 Å². The molecule has 2 aromatic heterocycles. The smallest absolute Gasteiger partial charge is 0.327 e. The van der Waals surface area contributed by atoms with E-state index in [1.165, 1.54) is 18.6 Å². The number of benzene rings is 1. The molecule has 3 aromatic rings. The second kappa shape index (κ2) is 8.78. The zero-order valence-electron chi connectivity index (χ0n) is 17.5. The standard InChI is InChI=1S/C23H23FN6O2/c24-17-6-4-5-16(15-17)20-27-21(29-11-2-1-3-12-29)19-22(28-20)30(13-14-32-19)23(31)26-18-7-9-25-10-8-18/h4-10,15H,1-3,11-14H2,(H,25,26,31). The van der Waals surface area contributed by atoms with Crippen LogP contribution in [0.5, 0.6) is 5.75 Å². The molecule has 0 aliphatic carbocycles. The minimum Gasteiger partial charge on any atom is -0.485 e. The topological polar surface area (TPSA) is 83.5 Å². The van der Waals surface area contributed by atoms with Crippen molar-refractivity contribution in [3.63, 3.8) is 0 Å². The molecule has 0 saturated carbocycles. The van der Waals surface area contributed by atoms with Crippen LogP contribution in [-0.4, -0.2) is 47.2 Å². The summed E-state index contributed by atoms with van der Waals surface area (Å²) < 4.78 is 19.9. The van der Waals surface area contributed by atoms with Crippen molar-refractivity contribution in [2.24, 2.45) is 0 Å². The fourth-order valence-electron chi connectivity index (χ4n) is 3.98. The maximum Gasteiger partial charge on any atom is 0.327 e. The average Bonchev–Trinajstić information content (AvgIpc) is 2.84. The van der Waals surface area contributed by atoms with Crippen molar-refractivity contribution in [2.45, 2.75) is 19.3 Å². The Morgan fingerprint density at radius 2 is 1.78 bits per heavy atom. The summed E-state index contributed by atoms with van der Waals surface area (Å²) in [6.07, 6.45) is 6.51. The van der Waals surface area contributed by atoms with Crippen molar-refractivity contribution >= 4 is 23.4 Å². The fourth-order valence-corrected chi connectivity index (χ4v) is 3.98. The van der Waals surface area contributed by atoms with Gasteiger partial charge in [0.25, 0.3) is 0 Å². The molecule has 164 valence electrons. The summed E-state index contributed by atoms with van der Waals surface area (Å²) in [5, 5.41) is 2.88. The summed E-state index contributed by atoms with van der Waals surface area (Å²) >= 11 is 0. The fraction of sp³-hybridized carbons (Fsp3) is 0.304. The molecule has 1 N–H and O–H groups in total. The quantitative estimate of drug-likeness (QED) is 0.668. The Kier molecular flexibility index (Phi) is 5.53. The van der Waals surface area contributed by atoms with Gasteiger partial charge in [-0.3, -0.25) is 9.88 Å². The number of nitrogens with one attached hydrogen (secondary N) is 1. The molecule has 0 bridgehead atoms. The predicted molar refractivity (Wildman–Crippen MR) is 120 cm³/mol. The highest BCUT2D eigenvalue weighted by atomic mass is 19.1. The van der Waals surface area contributed by atoms with E-state index in [4.69, 9.17) is 9.72 Å². The Bertz CT molecular complexity index is 1120. The molecule has 1 saturated heterocycles. The normalized spacial score (nSPS) is 15.7. The largest absolute Gasteiger partial charge is 0.485 e. The second-order valence-corrected chi connectivity index (χ2v) is 7.75. The number of aromatic nitrogens is 3. The molecule has 0 radical (unpaired) electrons. The molecule has 0 spiro atoms. The van der Waals surface area contributed by atoms with E-state index in [9.17, 15) is 9.18 Å². The SMILES string of the molecule is O=C(Nc1ccncc1)N1CCOc2c(N3CCCCC3)nc(-c3cccc(F)c3)nc21. The number of amides is 2. The third-order valence-electron chi connectivity index (χ3n) is 5.56. The van der Waals surface area contributed by atoms with Crippen LogP contribution in [-0.2, 0) is 0 Å². The summed E-state index contributed by atoms with van der Waals surface area (Å²) in [6.45, 7) is 2.36. The van der Waals surface area contributed by atoms with Gasteiger partial charge in [0.15, 0.2) is 17.5 Å². The number of urea groups is 1. The number of nitrogens with zero attached hydrogens (tertiary/aromatic N) is 5. The highest BCUT2D eigenvalue weighted by Crippen LogP contribution is 2.40. The number of hydrogen-bond donors (Lipinski definition) is 1. The van der Waals surface area contributed by atoms with Gasteiger partial charge in [-0.05, 0) is 43.5 Å². The van der Waals surface area contributed by atoms with E-state index in [1.54, 1.807) is 41.6 Å². The number of carbonyl (C=O) groups is 1. The first-order valence-corrected chi connectivity index (χ1v) is 10.7. The lowest BCUT2D eigenvalue weighted by molar-refractivity contribution is 0.249. The molecule has 4 heterocycles. The van der Waals surface area contributed by atoms with Gasteiger partial charge in [0.05, 0.1) is 6.54 Å². The van der Waals surface area contributed by atoms with E-state index in [-0.39, 0.29) is 11.8 Å². The third kappa shape index (κ3) is 4.05. The van der Waals surface area contributed by atoms with Crippen LogP contribution in [0.1, 0.15) is 19.3 Å². The summed E-state index contributed by atoms with van der Waals surface area (Å²) in [5.41, 5.74) is 1.18. The minimum absolute atomic E-state index is 0.325. The summed E-state index contributed by atoms with van der Waals surface area (Å²) in [4.78, 5) is 30.2. The number of anilines is 3. The third-order valence-corrected chi connectivity index (χ3v) is 5.56. The molecule has 2 aliphatic rings. The van der Waals surface area contributed by atoms with E-state index in [0.717, 1.165) is 25.9 Å². The number of ether oxygens (including phenoxy) is 1. The van der Waals surface area contributed by atoms with E-state index in [2.05, 4.69) is 20.2 Å². The highest BCUT2D eigenvalue weighted by molar-refractivity contribution is 6.03. The Hall–Kier alpha value is -3.75. The number of rotatable bonds is 3. The molecule has 9 heteroatoms. The molecule has 2 aliphatic heterocycles. The molecule has 1 fully saturated rings. The Labute approximate surface area is 185 Å². The molecule has 8 nitrogen and oxygen atoms in total. The first kappa shape index (κ1) is 20.2. The van der Waals surface area contributed by atoms with Crippen molar-refractivity contribution in [3.05, 3.63) is 54.6 Å². The van der Waals surface area contributed by atoms with Crippen LogP contribution < -0.4 is 19.9 Å². The number of piperidine rings is 1. The summed E-state index contributed by atoms with van der Waals surface area (Å²) in [7, 11) is 0. The maximum atomic E-state index is 13.9. The van der Waals surface area contributed by atoms with Crippen LogP contribution in [0.4, 0.5) is 26.5 Å². The van der Waals surface area contributed by atoms with Crippen LogP contribution in [0.2, 0.25) is 0 Å². The summed E-state index contributed by atoms with van der Waals surface area (Å²) in [5.74, 6) is 1.51. The van der Waals surface area contributed by atoms with Crippen molar-refractivity contribution in [1.29, 1.82) is 0 Å². The predicted octanol–water partition coefficient (Wildman–Crippen LogP) is 4.10. The lowest BCUT2D eigenvalue weighted by Crippen LogP contribution is -2.42. The number of hydrogen-bond acceptors (Lipinski definition) is 6. The van der Waals surface area contributed by atoms with Gasteiger partial charge in [-0.25, -0.2) is 19.2 Å². The van der Waals surface area contributed by atoms with Crippen molar-refractivity contribution in [2.75, 3.05) is 41.4 Å². The van der Waals surface area contributed by atoms with Gasteiger partial charge in [-0.2, -0.15) is 0 Å². The number of pyridine rings is 1. The number of carbonyl (C=O) groups excluding carboxylic acids is 1. The van der Waals surface area contributed by atoms with Gasteiger partial charge < -0.3 is 15.0 Å². The Balaban J connectivity index is 1.58. The van der Waals surface area contributed by atoms with E-state index in [0.29, 0.717) is 47.6 Å². The van der Waals surface area contributed by atoms with Crippen LogP contribution in [0.15, 0.2) is 48.8 Å². The molecule has 5 rings (SSSR count). The van der Waals surface area contributed by atoms with Crippen LogP contribution in [0.25, 0.3) is 11.4 Å². The van der Waals surface area contributed by atoms with Gasteiger partial charge in [-0.15, -0.1) is 0 Å². The number of fused-ring (bicyclic) bond motifs is 1. The van der Waals surface area contributed by atoms with Crippen molar-refractivity contribution in [1.82, 2.24) is 15.0 Å². The van der Waals surface area contributed by atoms with Gasteiger partial charge >= 0.3 is 6.03 Å². The van der Waals surface area contributed by atoms with Crippen LogP contribution in [0.3, 0.4) is 0 Å². The van der Waals surface area contributed by atoms with Gasteiger partial charge in [-0.1, -0.05) is 12.1 Å². The van der Waals surface area contributed by atoms with Crippen molar-refractivity contribution in [3.8, 4) is 17.1 Å². The summed E-state index contributed by atoms with van der Waals surface area (Å²) in [6, 6.07) is 9.27. The van der Waals surface area contributed by atoms with Gasteiger partial charge in [0.1, 0.15) is 12.4 Å².